The molecule has 0 aliphatic carbocycles. The summed E-state index contributed by atoms with van der Waals surface area (Å²) in [5.41, 5.74) is 3.09. The number of aromatic nitrogens is 2. The molecule has 0 unspecified atom stereocenters. The summed E-state index contributed by atoms with van der Waals surface area (Å²) >= 11 is 6.00. The van der Waals surface area contributed by atoms with Crippen LogP contribution in [0.15, 0.2) is 18.5 Å². The lowest BCUT2D eigenvalue weighted by molar-refractivity contribution is 1.08. The van der Waals surface area contributed by atoms with Crippen LogP contribution in [0, 0.1) is 13.8 Å². The summed E-state index contributed by atoms with van der Waals surface area (Å²) < 4.78 is 2.03. The zero-order valence-electron chi connectivity index (χ0n) is 7.00. The number of halogens is 1. The van der Waals surface area contributed by atoms with E-state index in [4.69, 9.17) is 11.6 Å². The highest BCUT2D eigenvalue weighted by molar-refractivity contribution is 6.31. The van der Waals surface area contributed by atoms with Gasteiger partial charge in [-0.1, -0.05) is 11.6 Å². The van der Waals surface area contributed by atoms with Crippen LogP contribution in [0.1, 0.15) is 11.3 Å². The van der Waals surface area contributed by atoms with Crippen molar-refractivity contribution in [3.8, 4) is 0 Å². The summed E-state index contributed by atoms with van der Waals surface area (Å²) in [6, 6.07) is 1.95. The van der Waals surface area contributed by atoms with E-state index in [-0.39, 0.29) is 0 Å². The Morgan fingerprint density at radius 2 is 2.17 bits per heavy atom. The third-order valence-corrected chi connectivity index (χ3v) is 2.44. The van der Waals surface area contributed by atoms with Gasteiger partial charge in [0.15, 0.2) is 0 Å². The van der Waals surface area contributed by atoms with E-state index >= 15 is 0 Å². The molecule has 0 atom stereocenters. The first-order valence-electron chi connectivity index (χ1n) is 3.79. The topological polar surface area (TPSA) is 17.3 Å². The van der Waals surface area contributed by atoms with Crippen LogP contribution in [0.3, 0.4) is 0 Å². The lowest BCUT2D eigenvalue weighted by Gasteiger charge is -2.04. The lowest BCUT2D eigenvalue weighted by Crippen LogP contribution is -1.92. The molecule has 0 bridgehead atoms. The third kappa shape index (κ3) is 0.916. The Morgan fingerprint density at radius 3 is 2.92 bits per heavy atom. The number of hydrogen-bond acceptors (Lipinski definition) is 1. The average Bonchev–Trinajstić information content (AvgIpc) is 2.48. The molecule has 2 aromatic heterocycles. The van der Waals surface area contributed by atoms with Gasteiger partial charge in [0.1, 0.15) is 5.65 Å². The second-order valence-corrected chi connectivity index (χ2v) is 3.29. The Balaban J connectivity index is 2.97. The molecule has 3 heteroatoms. The highest BCUT2D eigenvalue weighted by atomic mass is 35.5. The number of aryl methyl sites for hydroxylation is 2. The average molecular weight is 181 g/mol. The molecule has 0 radical (unpaired) electrons. The highest BCUT2D eigenvalue weighted by Gasteiger charge is 2.04. The Hall–Kier alpha value is -1.02. The molecule has 0 aliphatic heterocycles. The molecule has 0 saturated carbocycles. The lowest BCUT2D eigenvalue weighted by atomic mass is 10.2. The van der Waals surface area contributed by atoms with Gasteiger partial charge in [0, 0.05) is 28.7 Å². The molecule has 2 nitrogen and oxygen atoms in total. The SMILES string of the molecule is Cc1c(Cl)cc(C)n2ccnc12. The van der Waals surface area contributed by atoms with Crippen LogP contribution in [0.5, 0.6) is 0 Å². The molecule has 0 fully saturated rings. The van der Waals surface area contributed by atoms with Crippen LogP contribution in [0.2, 0.25) is 5.02 Å². The van der Waals surface area contributed by atoms with E-state index in [1.54, 1.807) is 6.20 Å². The zero-order valence-corrected chi connectivity index (χ0v) is 7.76. The van der Waals surface area contributed by atoms with Crippen LogP contribution in [-0.2, 0) is 0 Å². The number of imidazole rings is 1. The Labute approximate surface area is 75.8 Å². The Bertz CT molecular complexity index is 431. The van der Waals surface area contributed by atoms with Gasteiger partial charge in [-0.15, -0.1) is 0 Å². The van der Waals surface area contributed by atoms with E-state index in [0.717, 1.165) is 21.9 Å². The largest absolute Gasteiger partial charge is 0.304 e. The van der Waals surface area contributed by atoms with Gasteiger partial charge in [0.05, 0.1) is 0 Å². The zero-order chi connectivity index (χ0) is 8.72. The molecule has 0 spiro atoms. The quantitative estimate of drug-likeness (QED) is 0.609. The first-order valence-corrected chi connectivity index (χ1v) is 4.16. The second kappa shape index (κ2) is 2.49. The van der Waals surface area contributed by atoms with Crippen LogP contribution in [0.4, 0.5) is 0 Å². The van der Waals surface area contributed by atoms with E-state index in [2.05, 4.69) is 4.98 Å². The number of nitrogens with zero attached hydrogens (tertiary/aromatic N) is 2. The molecule has 12 heavy (non-hydrogen) atoms. The monoisotopic (exact) mass is 180 g/mol. The minimum absolute atomic E-state index is 0.784. The van der Waals surface area contributed by atoms with E-state index < -0.39 is 0 Å². The summed E-state index contributed by atoms with van der Waals surface area (Å²) in [6.07, 6.45) is 3.72. The molecule has 0 aliphatic rings. The fourth-order valence-corrected chi connectivity index (χ4v) is 1.58. The van der Waals surface area contributed by atoms with Crippen LogP contribution < -0.4 is 0 Å². The summed E-state index contributed by atoms with van der Waals surface area (Å²) in [6.45, 7) is 3.99. The fraction of sp³-hybridized carbons (Fsp3) is 0.222. The van der Waals surface area contributed by atoms with Gasteiger partial charge in [-0.25, -0.2) is 4.98 Å². The van der Waals surface area contributed by atoms with E-state index in [9.17, 15) is 0 Å². The first-order chi connectivity index (χ1) is 5.70. The van der Waals surface area contributed by atoms with Crippen LogP contribution >= 0.6 is 11.6 Å². The second-order valence-electron chi connectivity index (χ2n) is 2.88. The van der Waals surface area contributed by atoms with Gasteiger partial charge < -0.3 is 4.40 Å². The maximum absolute atomic E-state index is 6.00. The molecular formula is C9H9ClN2. The number of pyridine rings is 1. The summed E-state index contributed by atoms with van der Waals surface area (Å²) in [5, 5.41) is 0.784. The van der Waals surface area contributed by atoms with Crippen molar-refractivity contribution in [1.29, 1.82) is 0 Å². The van der Waals surface area contributed by atoms with Gasteiger partial charge in [-0.2, -0.15) is 0 Å². The van der Waals surface area contributed by atoms with E-state index in [1.165, 1.54) is 0 Å². The van der Waals surface area contributed by atoms with Gasteiger partial charge >= 0.3 is 0 Å². The molecule has 0 amide bonds. The third-order valence-electron chi connectivity index (χ3n) is 2.05. The maximum Gasteiger partial charge on any atom is 0.141 e. The van der Waals surface area contributed by atoms with Crippen LogP contribution in [-0.4, -0.2) is 9.38 Å². The molecule has 62 valence electrons. The predicted molar refractivity (Wildman–Crippen MR) is 49.7 cm³/mol. The van der Waals surface area contributed by atoms with E-state index in [1.807, 2.05) is 30.5 Å². The van der Waals surface area contributed by atoms with Gasteiger partial charge in [0.25, 0.3) is 0 Å². The van der Waals surface area contributed by atoms with Crippen molar-refractivity contribution >= 4 is 17.2 Å². The van der Waals surface area contributed by atoms with Crippen molar-refractivity contribution in [2.24, 2.45) is 0 Å². The number of fused-ring (bicyclic) bond motifs is 1. The molecule has 0 N–H and O–H groups in total. The first kappa shape index (κ1) is 7.62. The van der Waals surface area contributed by atoms with Crippen LogP contribution in [0.25, 0.3) is 5.65 Å². The molecule has 2 heterocycles. The standard InChI is InChI=1S/C9H9ClN2/c1-6-5-8(10)7(2)9-11-3-4-12(6)9/h3-5H,1-2H3. The Morgan fingerprint density at radius 1 is 1.42 bits per heavy atom. The van der Waals surface area contributed by atoms with Gasteiger partial charge in [-0.3, -0.25) is 0 Å². The van der Waals surface area contributed by atoms with Gasteiger partial charge in [-0.05, 0) is 19.9 Å². The molecular weight excluding hydrogens is 172 g/mol. The summed E-state index contributed by atoms with van der Waals surface area (Å²) in [5.74, 6) is 0. The maximum atomic E-state index is 6.00. The van der Waals surface area contributed by atoms with E-state index in [0.29, 0.717) is 0 Å². The Kier molecular flexibility index (Phi) is 1.58. The minimum atomic E-state index is 0.784. The number of hydrogen-bond donors (Lipinski definition) is 0. The predicted octanol–water partition coefficient (Wildman–Crippen LogP) is 2.60. The van der Waals surface area contributed by atoms with Crippen molar-refractivity contribution in [2.75, 3.05) is 0 Å². The molecule has 2 aromatic rings. The molecule has 2 rings (SSSR count). The van der Waals surface area contributed by atoms with Crippen molar-refractivity contribution in [3.05, 3.63) is 34.7 Å². The van der Waals surface area contributed by atoms with Crippen molar-refractivity contribution in [1.82, 2.24) is 9.38 Å². The van der Waals surface area contributed by atoms with Gasteiger partial charge in [0.2, 0.25) is 0 Å². The summed E-state index contributed by atoms with van der Waals surface area (Å²) in [7, 11) is 0. The highest BCUT2D eigenvalue weighted by Crippen LogP contribution is 2.20. The van der Waals surface area contributed by atoms with Crippen molar-refractivity contribution < 1.29 is 0 Å². The summed E-state index contributed by atoms with van der Waals surface area (Å²) in [4.78, 5) is 4.22. The minimum Gasteiger partial charge on any atom is -0.304 e. The molecule has 0 saturated heterocycles. The fourth-order valence-electron chi connectivity index (χ4n) is 1.33. The smallest absolute Gasteiger partial charge is 0.141 e. The molecule has 0 aromatic carbocycles. The van der Waals surface area contributed by atoms with Crippen molar-refractivity contribution in [2.45, 2.75) is 13.8 Å². The van der Waals surface area contributed by atoms with Crippen molar-refractivity contribution in [3.63, 3.8) is 0 Å². The normalized spacial score (nSPS) is 10.9. The number of rotatable bonds is 0.